The van der Waals surface area contributed by atoms with Crippen molar-refractivity contribution >= 4 is 42.3 Å². The van der Waals surface area contributed by atoms with Crippen molar-refractivity contribution in [3.8, 4) is 0 Å². The van der Waals surface area contributed by atoms with E-state index < -0.39 is 14.0 Å². The van der Waals surface area contributed by atoms with Crippen LogP contribution in [0.2, 0.25) is 24.7 Å². The summed E-state index contributed by atoms with van der Waals surface area (Å²) in [7, 11) is -0.369. The third kappa shape index (κ3) is 3.84. The highest BCUT2D eigenvalue weighted by Crippen LogP contribution is 2.30. The number of anilines is 1. The molecule has 0 bridgehead atoms. The predicted octanol–water partition coefficient (Wildman–Crippen LogP) is 3.91. The van der Waals surface area contributed by atoms with Crippen LogP contribution in [0, 0.1) is 0 Å². The molecule has 3 aromatic heterocycles. The fourth-order valence-corrected chi connectivity index (χ4v) is 6.73. The van der Waals surface area contributed by atoms with Crippen LogP contribution >= 0.6 is 11.6 Å². The fraction of sp³-hybridized carbons (Fsp3) is 0.409. The molecule has 1 saturated heterocycles. The molecule has 30 heavy (non-hydrogen) atoms. The van der Waals surface area contributed by atoms with E-state index in [2.05, 4.69) is 40.1 Å². The Bertz CT molecular complexity index is 1100. The Hall–Kier alpha value is -2.38. The van der Waals surface area contributed by atoms with Crippen molar-refractivity contribution < 1.29 is 9.53 Å². The first kappa shape index (κ1) is 20.9. The largest absolute Gasteiger partial charge is 0.464 e. The van der Waals surface area contributed by atoms with Gasteiger partial charge in [-0.2, -0.15) is 5.10 Å². The SMILES string of the molecule is COC(=O)c1cccc(Cc2c(N3CCCC3)nn3c([Si](C)(C)C)c(Cl)ccc23)n1. The van der Waals surface area contributed by atoms with Crippen molar-refractivity contribution in [3.63, 3.8) is 0 Å². The number of methoxy groups -OCH3 is 1. The molecule has 0 saturated carbocycles. The molecule has 0 unspecified atom stereocenters. The zero-order valence-electron chi connectivity index (χ0n) is 17.9. The van der Waals surface area contributed by atoms with Crippen LogP contribution in [0.4, 0.5) is 5.82 Å². The van der Waals surface area contributed by atoms with Crippen molar-refractivity contribution in [3.05, 3.63) is 52.3 Å². The Morgan fingerprint density at radius 3 is 2.57 bits per heavy atom. The van der Waals surface area contributed by atoms with E-state index >= 15 is 0 Å². The standard InChI is InChI=1S/C22H27ClN4O2Si/c1-29-22(28)18-9-7-8-15(24-18)14-16-19-11-10-17(23)21(30(2,3)4)27(19)25-20(16)26-12-5-6-13-26/h7-11H,5-6,12-14H2,1-4H3. The first-order chi connectivity index (χ1) is 14.3. The van der Waals surface area contributed by atoms with Gasteiger partial charge in [0.05, 0.1) is 17.6 Å². The molecule has 1 aliphatic heterocycles. The molecule has 1 aliphatic rings. The molecule has 0 aromatic carbocycles. The van der Waals surface area contributed by atoms with Crippen LogP contribution in [0.25, 0.3) is 5.52 Å². The van der Waals surface area contributed by atoms with Crippen LogP contribution < -0.4 is 10.2 Å². The average Bonchev–Trinajstić information content (AvgIpc) is 3.34. The van der Waals surface area contributed by atoms with Gasteiger partial charge in [-0.25, -0.2) is 14.3 Å². The Morgan fingerprint density at radius 2 is 1.90 bits per heavy atom. The number of aromatic nitrogens is 3. The zero-order valence-corrected chi connectivity index (χ0v) is 19.7. The Balaban J connectivity index is 1.87. The number of fused-ring (bicyclic) bond motifs is 1. The van der Waals surface area contributed by atoms with Gasteiger partial charge < -0.3 is 9.64 Å². The van der Waals surface area contributed by atoms with Gasteiger partial charge in [0.1, 0.15) is 13.8 Å². The number of hydrogen-bond acceptors (Lipinski definition) is 5. The summed E-state index contributed by atoms with van der Waals surface area (Å²) in [6.45, 7) is 8.86. The van der Waals surface area contributed by atoms with Gasteiger partial charge in [-0.1, -0.05) is 37.3 Å². The number of nitrogens with zero attached hydrogens (tertiary/aromatic N) is 4. The number of carbonyl (C=O) groups is 1. The van der Waals surface area contributed by atoms with E-state index in [-0.39, 0.29) is 0 Å². The third-order valence-electron chi connectivity index (χ3n) is 5.50. The Kier molecular flexibility index (Phi) is 5.59. The molecule has 3 aromatic rings. The molecule has 0 radical (unpaired) electrons. The number of hydrogen-bond donors (Lipinski definition) is 0. The lowest BCUT2D eigenvalue weighted by molar-refractivity contribution is 0.0593. The highest BCUT2D eigenvalue weighted by molar-refractivity contribution is 6.89. The summed E-state index contributed by atoms with van der Waals surface area (Å²) in [6, 6.07) is 9.51. The monoisotopic (exact) mass is 442 g/mol. The van der Waals surface area contributed by atoms with Crippen LogP contribution in [0.1, 0.15) is 34.6 Å². The average molecular weight is 443 g/mol. The van der Waals surface area contributed by atoms with Gasteiger partial charge in [0, 0.05) is 36.1 Å². The topological polar surface area (TPSA) is 59.7 Å². The second-order valence-corrected chi connectivity index (χ2v) is 14.1. The molecule has 0 amide bonds. The quantitative estimate of drug-likeness (QED) is 0.443. The normalized spacial score (nSPS) is 14.5. The maximum Gasteiger partial charge on any atom is 0.356 e. The van der Waals surface area contributed by atoms with Crippen molar-refractivity contribution in [2.24, 2.45) is 0 Å². The summed E-state index contributed by atoms with van der Waals surface area (Å²) < 4.78 is 6.89. The van der Waals surface area contributed by atoms with Crippen molar-refractivity contribution in [2.75, 3.05) is 25.1 Å². The summed E-state index contributed by atoms with van der Waals surface area (Å²) >= 11 is 6.64. The van der Waals surface area contributed by atoms with Crippen LogP contribution in [0.15, 0.2) is 30.3 Å². The highest BCUT2D eigenvalue weighted by atomic mass is 35.5. The van der Waals surface area contributed by atoms with E-state index in [1.165, 1.54) is 20.0 Å². The molecule has 0 aliphatic carbocycles. The molecule has 158 valence electrons. The highest BCUT2D eigenvalue weighted by Gasteiger charge is 2.28. The van der Waals surface area contributed by atoms with Gasteiger partial charge in [0.25, 0.3) is 0 Å². The predicted molar refractivity (Wildman–Crippen MR) is 123 cm³/mol. The van der Waals surface area contributed by atoms with E-state index in [0.29, 0.717) is 12.1 Å². The van der Waals surface area contributed by atoms with Gasteiger partial charge in [-0.15, -0.1) is 0 Å². The third-order valence-corrected chi connectivity index (χ3v) is 7.87. The maximum atomic E-state index is 11.9. The molecule has 4 rings (SSSR count). The van der Waals surface area contributed by atoms with Crippen molar-refractivity contribution in [2.45, 2.75) is 38.9 Å². The maximum absolute atomic E-state index is 11.9. The zero-order chi connectivity index (χ0) is 21.5. The fourth-order valence-electron chi connectivity index (χ4n) is 4.13. The number of pyridine rings is 2. The molecule has 0 atom stereocenters. The summed E-state index contributed by atoms with van der Waals surface area (Å²) in [4.78, 5) is 18.8. The van der Waals surface area contributed by atoms with E-state index in [9.17, 15) is 4.79 Å². The first-order valence-electron chi connectivity index (χ1n) is 10.3. The second-order valence-electron chi connectivity index (χ2n) is 8.76. The number of rotatable bonds is 5. The van der Waals surface area contributed by atoms with Gasteiger partial charge >= 0.3 is 5.97 Å². The van der Waals surface area contributed by atoms with Gasteiger partial charge in [0.15, 0.2) is 5.82 Å². The summed E-state index contributed by atoms with van der Waals surface area (Å²) in [5.41, 5.74) is 3.32. The minimum atomic E-state index is -1.74. The van der Waals surface area contributed by atoms with E-state index in [1.54, 1.807) is 6.07 Å². The number of carbonyl (C=O) groups excluding carboxylic acids is 1. The van der Waals surface area contributed by atoms with Crippen LogP contribution in [-0.2, 0) is 11.2 Å². The van der Waals surface area contributed by atoms with Gasteiger partial charge in [-0.3, -0.25) is 0 Å². The van der Waals surface area contributed by atoms with Crippen LogP contribution in [-0.4, -0.2) is 48.8 Å². The van der Waals surface area contributed by atoms with Gasteiger partial charge in [0.2, 0.25) is 0 Å². The van der Waals surface area contributed by atoms with Crippen LogP contribution in [0.3, 0.4) is 0 Å². The van der Waals surface area contributed by atoms with Crippen molar-refractivity contribution in [1.29, 1.82) is 0 Å². The van der Waals surface area contributed by atoms with Gasteiger partial charge in [-0.05, 0) is 37.1 Å². The second kappa shape index (κ2) is 8.04. The molecule has 8 heteroatoms. The number of halogens is 1. The minimum Gasteiger partial charge on any atom is -0.464 e. The Labute approximate surface area is 182 Å². The lowest BCUT2D eigenvalue weighted by atomic mass is 10.1. The molecule has 1 fully saturated rings. The molecule has 6 nitrogen and oxygen atoms in total. The van der Waals surface area contributed by atoms with E-state index in [0.717, 1.165) is 46.0 Å². The summed E-state index contributed by atoms with van der Waals surface area (Å²) in [6.07, 6.45) is 2.93. The number of ether oxygens (including phenoxy) is 1. The molecule has 0 N–H and O–H groups in total. The molecular weight excluding hydrogens is 416 g/mol. The number of esters is 1. The smallest absolute Gasteiger partial charge is 0.356 e. The summed E-state index contributed by atoms with van der Waals surface area (Å²) in [5, 5.41) is 6.97. The summed E-state index contributed by atoms with van der Waals surface area (Å²) in [5.74, 6) is 0.573. The lowest BCUT2D eigenvalue weighted by Gasteiger charge is -2.19. The van der Waals surface area contributed by atoms with E-state index in [1.807, 2.05) is 18.2 Å². The Morgan fingerprint density at radius 1 is 1.17 bits per heavy atom. The van der Waals surface area contributed by atoms with Crippen LogP contribution in [0.5, 0.6) is 0 Å². The molecule has 4 heterocycles. The first-order valence-corrected chi connectivity index (χ1v) is 14.2. The molecular formula is C22H27ClN4O2Si. The molecule has 0 spiro atoms. The minimum absolute atomic E-state index is 0.319. The van der Waals surface area contributed by atoms with E-state index in [4.69, 9.17) is 21.4 Å². The lowest BCUT2D eigenvalue weighted by Crippen LogP contribution is -2.43. The van der Waals surface area contributed by atoms with Crippen molar-refractivity contribution in [1.82, 2.24) is 14.6 Å².